The Kier molecular flexibility index (Phi) is 6.12. The Labute approximate surface area is 160 Å². The fraction of sp³-hybridized carbons (Fsp3) is 0.364. The smallest absolute Gasteiger partial charge is 0.408 e. The van der Waals surface area contributed by atoms with Gasteiger partial charge in [-0.3, -0.25) is 4.79 Å². The average molecular weight is 366 g/mol. The van der Waals surface area contributed by atoms with Gasteiger partial charge in [0.2, 0.25) is 5.91 Å². The van der Waals surface area contributed by atoms with E-state index in [4.69, 9.17) is 4.74 Å². The number of benzene rings is 2. The summed E-state index contributed by atoms with van der Waals surface area (Å²) in [5.74, 6) is -0.200. The van der Waals surface area contributed by atoms with Gasteiger partial charge in [0.05, 0.1) is 0 Å². The van der Waals surface area contributed by atoms with Gasteiger partial charge in [0.15, 0.2) is 0 Å². The first-order valence-corrected chi connectivity index (χ1v) is 9.39. The molecule has 2 aromatic carbocycles. The lowest BCUT2D eigenvalue weighted by atomic mass is 9.64. The molecule has 1 aliphatic carbocycles. The molecule has 0 spiro atoms. The standard InChI is InChI=1S/C22H26N2O3/c1-17(24-21(26)27-15-18-9-4-2-5-10-18)20(25)23-16-22(13-8-14-22)19-11-6-3-7-12-19/h2-7,9-12,17H,8,13-16H2,1H3,(H,23,25)(H,24,26)/t17-/m0/s1. The monoisotopic (exact) mass is 366 g/mol. The van der Waals surface area contributed by atoms with Crippen molar-refractivity contribution in [2.24, 2.45) is 0 Å². The minimum Gasteiger partial charge on any atom is -0.445 e. The maximum absolute atomic E-state index is 12.4. The van der Waals surface area contributed by atoms with Crippen LogP contribution in [0.1, 0.15) is 37.3 Å². The second-order valence-corrected chi connectivity index (χ2v) is 7.15. The molecule has 5 heteroatoms. The average Bonchev–Trinajstić information content (AvgIpc) is 2.67. The van der Waals surface area contributed by atoms with Crippen LogP contribution >= 0.6 is 0 Å². The molecule has 0 bridgehead atoms. The van der Waals surface area contributed by atoms with Gasteiger partial charge in [-0.2, -0.15) is 0 Å². The SMILES string of the molecule is C[C@H](NC(=O)OCc1ccccc1)C(=O)NCC1(c2ccccc2)CCC1. The van der Waals surface area contributed by atoms with Gasteiger partial charge in [-0.25, -0.2) is 4.79 Å². The number of nitrogens with one attached hydrogen (secondary N) is 2. The summed E-state index contributed by atoms with van der Waals surface area (Å²) >= 11 is 0. The van der Waals surface area contributed by atoms with E-state index in [1.54, 1.807) is 6.92 Å². The number of carbonyl (C=O) groups excluding carboxylic acids is 2. The minimum absolute atomic E-state index is 0.0183. The van der Waals surface area contributed by atoms with Crippen molar-refractivity contribution in [3.05, 3.63) is 71.8 Å². The summed E-state index contributed by atoms with van der Waals surface area (Å²) in [6.45, 7) is 2.42. The first-order valence-electron chi connectivity index (χ1n) is 9.39. The highest BCUT2D eigenvalue weighted by molar-refractivity contribution is 5.85. The highest BCUT2D eigenvalue weighted by atomic mass is 16.5. The molecule has 2 amide bonds. The van der Waals surface area contributed by atoms with E-state index >= 15 is 0 Å². The van der Waals surface area contributed by atoms with Crippen LogP contribution in [0.5, 0.6) is 0 Å². The number of rotatable bonds is 7. The molecule has 1 saturated carbocycles. The molecule has 0 heterocycles. The van der Waals surface area contributed by atoms with Crippen molar-refractivity contribution in [1.29, 1.82) is 0 Å². The molecule has 27 heavy (non-hydrogen) atoms. The Balaban J connectivity index is 1.45. The van der Waals surface area contributed by atoms with Gasteiger partial charge < -0.3 is 15.4 Å². The molecule has 2 N–H and O–H groups in total. The van der Waals surface area contributed by atoms with E-state index in [9.17, 15) is 9.59 Å². The summed E-state index contributed by atoms with van der Waals surface area (Å²) in [5, 5.41) is 5.58. The maximum atomic E-state index is 12.4. The fourth-order valence-corrected chi connectivity index (χ4v) is 3.38. The van der Waals surface area contributed by atoms with Gasteiger partial charge in [-0.1, -0.05) is 67.1 Å². The summed E-state index contributed by atoms with van der Waals surface area (Å²) in [6.07, 6.45) is 2.71. The first kappa shape index (κ1) is 19.0. The van der Waals surface area contributed by atoms with Gasteiger partial charge in [0, 0.05) is 12.0 Å². The second kappa shape index (κ2) is 8.71. The predicted molar refractivity (Wildman–Crippen MR) is 104 cm³/mol. The molecular weight excluding hydrogens is 340 g/mol. The number of amides is 2. The molecule has 5 nitrogen and oxygen atoms in total. The summed E-state index contributed by atoms with van der Waals surface area (Å²) in [5.41, 5.74) is 2.18. The third-order valence-electron chi connectivity index (χ3n) is 5.24. The van der Waals surface area contributed by atoms with Crippen LogP contribution in [0, 0.1) is 0 Å². The van der Waals surface area contributed by atoms with Crippen LogP contribution < -0.4 is 10.6 Å². The third-order valence-corrected chi connectivity index (χ3v) is 5.24. The molecule has 0 unspecified atom stereocenters. The first-order chi connectivity index (χ1) is 13.1. The van der Waals surface area contributed by atoms with Gasteiger partial charge in [-0.15, -0.1) is 0 Å². The normalized spacial score (nSPS) is 15.9. The van der Waals surface area contributed by atoms with Gasteiger partial charge in [0.25, 0.3) is 0 Å². The van der Waals surface area contributed by atoms with Gasteiger partial charge in [-0.05, 0) is 30.9 Å². The van der Waals surface area contributed by atoms with E-state index in [1.807, 2.05) is 48.5 Å². The van der Waals surface area contributed by atoms with Crippen LogP contribution in [0.25, 0.3) is 0 Å². The van der Waals surface area contributed by atoms with Crippen molar-refractivity contribution >= 4 is 12.0 Å². The summed E-state index contributed by atoms with van der Waals surface area (Å²) in [6, 6.07) is 19.1. The molecule has 2 aromatic rings. The van der Waals surface area contributed by atoms with Crippen LogP contribution in [0.2, 0.25) is 0 Å². The van der Waals surface area contributed by atoms with Crippen LogP contribution in [-0.2, 0) is 21.6 Å². The highest BCUT2D eigenvalue weighted by Crippen LogP contribution is 2.43. The summed E-state index contributed by atoms with van der Waals surface area (Å²) < 4.78 is 5.17. The Bertz CT molecular complexity index is 758. The van der Waals surface area contributed by atoms with Crippen LogP contribution in [0.15, 0.2) is 60.7 Å². The molecule has 0 aliphatic heterocycles. The number of carbonyl (C=O) groups is 2. The number of hydrogen-bond acceptors (Lipinski definition) is 3. The van der Waals surface area contributed by atoms with E-state index in [0.29, 0.717) is 6.54 Å². The van der Waals surface area contributed by atoms with Crippen molar-refractivity contribution in [2.75, 3.05) is 6.54 Å². The third kappa shape index (κ3) is 4.88. The van der Waals surface area contributed by atoms with E-state index in [-0.39, 0.29) is 17.9 Å². The number of ether oxygens (including phenoxy) is 1. The van der Waals surface area contributed by atoms with Gasteiger partial charge in [0.1, 0.15) is 12.6 Å². The minimum atomic E-state index is -0.652. The molecule has 1 aliphatic rings. The van der Waals surface area contributed by atoms with Crippen molar-refractivity contribution in [1.82, 2.24) is 10.6 Å². The van der Waals surface area contributed by atoms with E-state index in [0.717, 1.165) is 18.4 Å². The van der Waals surface area contributed by atoms with Crippen molar-refractivity contribution < 1.29 is 14.3 Å². The van der Waals surface area contributed by atoms with Crippen molar-refractivity contribution in [3.63, 3.8) is 0 Å². The van der Waals surface area contributed by atoms with Crippen LogP contribution in [0.3, 0.4) is 0 Å². The Morgan fingerprint density at radius 1 is 1.04 bits per heavy atom. The summed E-state index contributed by atoms with van der Waals surface area (Å²) in [4.78, 5) is 24.3. The zero-order valence-corrected chi connectivity index (χ0v) is 15.6. The van der Waals surface area contributed by atoms with E-state index < -0.39 is 12.1 Å². The van der Waals surface area contributed by atoms with Crippen LogP contribution in [-0.4, -0.2) is 24.6 Å². The number of hydrogen-bond donors (Lipinski definition) is 2. The van der Waals surface area contributed by atoms with Crippen molar-refractivity contribution in [2.45, 2.75) is 44.2 Å². The summed E-state index contributed by atoms with van der Waals surface area (Å²) in [7, 11) is 0. The fourth-order valence-electron chi connectivity index (χ4n) is 3.38. The molecule has 0 radical (unpaired) electrons. The number of alkyl carbamates (subject to hydrolysis) is 1. The topological polar surface area (TPSA) is 67.4 Å². The zero-order chi connectivity index (χ0) is 19.1. The molecule has 0 saturated heterocycles. The lowest BCUT2D eigenvalue weighted by Crippen LogP contribution is -2.51. The molecule has 0 aromatic heterocycles. The Hall–Kier alpha value is -2.82. The lowest BCUT2D eigenvalue weighted by molar-refractivity contribution is -0.123. The molecule has 3 rings (SSSR count). The van der Waals surface area contributed by atoms with E-state index in [1.165, 1.54) is 12.0 Å². The van der Waals surface area contributed by atoms with Crippen LogP contribution in [0.4, 0.5) is 4.79 Å². The Morgan fingerprint density at radius 3 is 2.26 bits per heavy atom. The second-order valence-electron chi connectivity index (χ2n) is 7.15. The zero-order valence-electron chi connectivity index (χ0n) is 15.6. The Morgan fingerprint density at radius 2 is 1.67 bits per heavy atom. The van der Waals surface area contributed by atoms with Gasteiger partial charge >= 0.3 is 6.09 Å². The predicted octanol–water partition coefficient (Wildman–Crippen LogP) is 3.54. The lowest BCUT2D eigenvalue weighted by Gasteiger charge is -2.42. The maximum Gasteiger partial charge on any atom is 0.408 e. The molecule has 142 valence electrons. The quantitative estimate of drug-likeness (QED) is 0.788. The molecule has 1 atom stereocenters. The molecule has 1 fully saturated rings. The van der Waals surface area contributed by atoms with E-state index in [2.05, 4.69) is 22.8 Å². The largest absolute Gasteiger partial charge is 0.445 e. The molecular formula is C22H26N2O3. The van der Waals surface area contributed by atoms with Crippen molar-refractivity contribution in [3.8, 4) is 0 Å². The highest BCUT2D eigenvalue weighted by Gasteiger charge is 2.39.